The van der Waals surface area contributed by atoms with Crippen LogP contribution in [0.2, 0.25) is 0 Å². The predicted molar refractivity (Wildman–Crippen MR) is 72.6 cm³/mol. The van der Waals surface area contributed by atoms with Crippen LogP contribution in [0.5, 0.6) is 0 Å². The summed E-state index contributed by atoms with van der Waals surface area (Å²) in [5.74, 6) is -1.25. The van der Waals surface area contributed by atoms with Gasteiger partial charge in [0.15, 0.2) is 0 Å². The van der Waals surface area contributed by atoms with Crippen LogP contribution in [0.15, 0.2) is 35.6 Å². The number of rotatable bonds is 5. The first-order chi connectivity index (χ1) is 10.1. The van der Waals surface area contributed by atoms with Gasteiger partial charge in [0.1, 0.15) is 11.6 Å². The number of hydrogen-bond donors (Lipinski definition) is 3. The summed E-state index contributed by atoms with van der Waals surface area (Å²) in [5.41, 5.74) is 0.0591. The second kappa shape index (κ2) is 6.51. The standard InChI is InChI=1S/C13H14N4O4/c1-21-13(20)10(5-8-6-14-7-16-8)17-12(19)9-3-2-4-15-11(9)18/h2-4,6-7,10H,5H2,1H3,(H,14,16)(H,15,18)(H,17,19)/t10-/m0/s1. The van der Waals surface area contributed by atoms with Gasteiger partial charge in [-0.2, -0.15) is 0 Å². The number of H-pyrrole nitrogens is 2. The van der Waals surface area contributed by atoms with Gasteiger partial charge in [-0.25, -0.2) is 9.78 Å². The minimum Gasteiger partial charge on any atom is -0.467 e. The molecule has 0 spiro atoms. The Kier molecular flexibility index (Phi) is 4.50. The summed E-state index contributed by atoms with van der Waals surface area (Å²) >= 11 is 0. The summed E-state index contributed by atoms with van der Waals surface area (Å²) in [6.45, 7) is 0. The minimum atomic E-state index is -0.914. The molecular weight excluding hydrogens is 276 g/mol. The summed E-state index contributed by atoms with van der Waals surface area (Å²) < 4.78 is 4.65. The van der Waals surface area contributed by atoms with Crippen LogP contribution in [0.3, 0.4) is 0 Å². The summed E-state index contributed by atoms with van der Waals surface area (Å²) in [6, 6.07) is 1.99. The maximum absolute atomic E-state index is 12.1. The Labute approximate surface area is 119 Å². The number of aromatic amines is 2. The van der Waals surface area contributed by atoms with Crippen molar-refractivity contribution in [3.63, 3.8) is 0 Å². The number of hydrogen-bond acceptors (Lipinski definition) is 5. The fraction of sp³-hybridized carbons (Fsp3) is 0.231. The molecule has 0 saturated carbocycles. The highest BCUT2D eigenvalue weighted by atomic mass is 16.5. The fourth-order valence-electron chi connectivity index (χ4n) is 1.79. The number of nitrogens with one attached hydrogen (secondary N) is 3. The van der Waals surface area contributed by atoms with E-state index >= 15 is 0 Å². The zero-order valence-electron chi connectivity index (χ0n) is 11.3. The highest BCUT2D eigenvalue weighted by Gasteiger charge is 2.24. The molecule has 2 rings (SSSR count). The van der Waals surface area contributed by atoms with E-state index < -0.39 is 23.5 Å². The molecule has 0 bridgehead atoms. The van der Waals surface area contributed by atoms with Crippen molar-refractivity contribution in [1.29, 1.82) is 0 Å². The van der Waals surface area contributed by atoms with Crippen molar-refractivity contribution in [2.45, 2.75) is 12.5 Å². The van der Waals surface area contributed by atoms with Crippen LogP contribution in [0.25, 0.3) is 0 Å². The number of carbonyl (C=O) groups excluding carboxylic acids is 2. The van der Waals surface area contributed by atoms with E-state index in [4.69, 9.17) is 0 Å². The molecule has 0 aromatic carbocycles. The first kappa shape index (κ1) is 14.5. The van der Waals surface area contributed by atoms with Gasteiger partial charge in [-0.05, 0) is 12.1 Å². The van der Waals surface area contributed by atoms with Gasteiger partial charge >= 0.3 is 5.97 Å². The van der Waals surface area contributed by atoms with Crippen molar-refractivity contribution >= 4 is 11.9 Å². The number of aromatic nitrogens is 3. The molecule has 2 heterocycles. The molecule has 2 aromatic heterocycles. The van der Waals surface area contributed by atoms with Gasteiger partial charge in [0, 0.05) is 24.5 Å². The first-order valence-corrected chi connectivity index (χ1v) is 6.15. The van der Waals surface area contributed by atoms with E-state index in [-0.39, 0.29) is 12.0 Å². The largest absolute Gasteiger partial charge is 0.467 e. The summed E-state index contributed by atoms with van der Waals surface area (Å²) in [5, 5.41) is 2.48. The quantitative estimate of drug-likeness (QED) is 0.648. The summed E-state index contributed by atoms with van der Waals surface area (Å²) in [6.07, 6.45) is 4.61. The number of carbonyl (C=O) groups is 2. The molecule has 21 heavy (non-hydrogen) atoms. The maximum atomic E-state index is 12.1. The Morgan fingerprint density at radius 3 is 2.86 bits per heavy atom. The zero-order valence-corrected chi connectivity index (χ0v) is 11.3. The molecule has 0 saturated heterocycles. The van der Waals surface area contributed by atoms with Gasteiger partial charge < -0.3 is 20.0 Å². The van der Waals surface area contributed by atoms with Gasteiger partial charge in [-0.3, -0.25) is 9.59 Å². The van der Waals surface area contributed by atoms with Crippen LogP contribution in [0.1, 0.15) is 16.1 Å². The second-order valence-corrected chi connectivity index (χ2v) is 4.24. The monoisotopic (exact) mass is 290 g/mol. The van der Waals surface area contributed by atoms with E-state index in [0.29, 0.717) is 5.69 Å². The van der Waals surface area contributed by atoms with E-state index in [1.165, 1.54) is 38.0 Å². The third-order valence-corrected chi connectivity index (χ3v) is 2.83. The van der Waals surface area contributed by atoms with E-state index in [2.05, 4.69) is 25.0 Å². The molecule has 1 atom stereocenters. The number of ether oxygens (including phenoxy) is 1. The van der Waals surface area contributed by atoms with Crippen molar-refractivity contribution in [1.82, 2.24) is 20.3 Å². The Bertz CT molecular complexity index is 677. The van der Waals surface area contributed by atoms with Gasteiger partial charge in [0.05, 0.1) is 13.4 Å². The smallest absolute Gasteiger partial charge is 0.328 e. The van der Waals surface area contributed by atoms with Gasteiger partial charge in [-0.1, -0.05) is 0 Å². The van der Waals surface area contributed by atoms with Crippen LogP contribution < -0.4 is 10.9 Å². The van der Waals surface area contributed by atoms with Crippen molar-refractivity contribution in [3.8, 4) is 0 Å². The molecule has 0 unspecified atom stereocenters. The average Bonchev–Trinajstić information content (AvgIpc) is 2.99. The Hall–Kier alpha value is -2.90. The molecule has 8 heteroatoms. The number of methoxy groups -OCH3 is 1. The number of nitrogens with zero attached hydrogens (tertiary/aromatic N) is 1. The predicted octanol–water partition coefficient (Wildman–Crippen LogP) is -0.388. The average molecular weight is 290 g/mol. The lowest BCUT2D eigenvalue weighted by Gasteiger charge is -2.15. The normalized spacial score (nSPS) is 11.7. The summed E-state index contributed by atoms with van der Waals surface area (Å²) in [7, 11) is 1.23. The van der Waals surface area contributed by atoms with Crippen molar-refractivity contribution in [2.24, 2.45) is 0 Å². The third kappa shape index (κ3) is 3.56. The van der Waals surface area contributed by atoms with Crippen molar-refractivity contribution < 1.29 is 14.3 Å². The van der Waals surface area contributed by atoms with Crippen LogP contribution >= 0.6 is 0 Å². The van der Waals surface area contributed by atoms with Crippen LogP contribution in [-0.4, -0.2) is 40.0 Å². The molecule has 110 valence electrons. The topological polar surface area (TPSA) is 117 Å². The Morgan fingerprint density at radius 1 is 1.43 bits per heavy atom. The zero-order chi connectivity index (χ0) is 15.2. The van der Waals surface area contributed by atoms with E-state index in [0.717, 1.165) is 0 Å². The second-order valence-electron chi connectivity index (χ2n) is 4.24. The number of imidazole rings is 1. The van der Waals surface area contributed by atoms with Crippen LogP contribution in [0, 0.1) is 0 Å². The lowest BCUT2D eigenvalue weighted by Crippen LogP contribution is -2.44. The molecule has 8 nitrogen and oxygen atoms in total. The van der Waals surface area contributed by atoms with Gasteiger partial charge in [0.2, 0.25) is 0 Å². The number of pyridine rings is 1. The Morgan fingerprint density at radius 2 is 2.24 bits per heavy atom. The minimum absolute atomic E-state index is 0.0731. The molecule has 0 fully saturated rings. The van der Waals surface area contributed by atoms with Crippen LogP contribution in [-0.2, 0) is 16.0 Å². The van der Waals surface area contributed by atoms with E-state index in [9.17, 15) is 14.4 Å². The first-order valence-electron chi connectivity index (χ1n) is 6.15. The van der Waals surface area contributed by atoms with E-state index in [1.54, 1.807) is 0 Å². The van der Waals surface area contributed by atoms with Gasteiger partial charge in [0.25, 0.3) is 11.5 Å². The SMILES string of the molecule is COC(=O)[C@H](Cc1cnc[nH]1)NC(=O)c1ccc[nH]c1=O. The molecule has 2 aromatic rings. The third-order valence-electron chi connectivity index (χ3n) is 2.83. The molecule has 3 N–H and O–H groups in total. The maximum Gasteiger partial charge on any atom is 0.328 e. The van der Waals surface area contributed by atoms with E-state index in [1.807, 2.05) is 0 Å². The lowest BCUT2D eigenvalue weighted by molar-refractivity contribution is -0.142. The molecule has 0 aliphatic rings. The number of amides is 1. The highest BCUT2D eigenvalue weighted by Crippen LogP contribution is 2.02. The Balaban J connectivity index is 2.15. The fourth-order valence-corrected chi connectivity index (χ4v) is 1.79. The molecular formula is C13H14N4O4. The molecule has 0 aliphatic heterocycles. The lowest BCUT2D eigenvalue weighted by atomic mass is 10.1. The highest BCUT2D eigenvalue weighted by molar-refractivity contribution is 5.96. The van der Waals surface area contributed by atoms with Crippen LogP contribution in [0.4, 0.5) is 0 Å². The number of esters is 1. The molecule has 0 radical (unpaired) electrons. The molecule has 0 aliphatic carbocycles. The summed E-state index contributed by atoms with van der Waals surface area (Å²) in [4.78, 5) is 44.4. The van der Waals surface area contributed by atoms with Crippen molar-refractivity contribution in [2.75, 3.05) is 7.11 Å². The van der Waals surface area contributed by atoms with Crippen molar-refractivity contribution in [3.05, 3.63) is 52.5 Å². The molecule has 1 amide bonds. The van der Waals surface area contributed by atoms with Gasteiger partial charge in [-0.15, -0.1) is 0 Å².